The topological polar surface area (TPSA) is 44.0 Å². The van der Waals surface area contributed by atoms with E-state index in [1.165, 1.54) is 40.2 Å². The Morgan fingerprint density at radius 2 is 1.68 bits per heavy atom. The molecule has 0 aliphatic rings. The van der Waals surface area contributed by atoms with E-state index in [0.717, 1.165) is 20.7 Å². The number of benzene rings is 3. The molecule has 0 unspecified atom stereocenters. The van der Waals surface area contributed by atoms with E-state index in [1.54, 1.807) is 12.1 Å². The SMILES string of the molecule is O=c1c2sc3ccccc3c2n(Cc2ccc(F)cc2)c(=O)n1-c1ccc(F)c(Cl)c1. The van der Waals surface area contributed by atoms with Crippen LogP contribution in [0, 0.1) is 11.6 Å². The highest BCUT2D eigenvalue weighted by atomic mass is 35.5. The molecule has 4 nitrogen and oxygen atoms in total. The third kappa shape index (κ3) is 3.26. The van der Waals surface area contributed by atoms with Crippen molar-refractivity contribution >= 4 is 43.2 Å². The predicted molar refractivity (Wildman–Crippen MR) is 120 cm³/mol. The van der Waals surface area contributed by atoms with Gasteiger partial charge in [-0.3, -0.25) is 9.36 Å². The van der Waals surface area contributed by atoms with Crippen LogP contribution in [-0.4, -0.2) is 9.13 Å². The van der Waals surface area contributed by atoms with E-state index >= 15 is 0 Å². The van der Waals surface area contributed by atoms with E-state index in [1.807, 2.05) is 24.3 Å². The average Bonchev–Trinajstić information content (AvgIpc) is 3.15. The van der Waals surface area contributed by atoms with Gasteiger partial charge in [-0.1, -0.05) is 41.9 Å². The fraction of sp³-hybridized carbons (Fsp3) is 0.0435. The standard InChI is InChI=1S/C23H13ClF2N2O2S/c24-17-11-15(9-10-18(17)26)28-22(29)21-20(16-3-1-2-4-19(16)31-21)27(23(28)30)12-13-5-7-14(25)8-6-13/h1-11H,12H2. The second kappa shape index (κ2) is 7.44. The number of fused-ring (bicyclic) bond motifs is 3. The van der Waals surface area contributed by atoms with Crippen LogP contribution >= 0.6 is 22.9 Å². The monoisotopic (exact) mass is 454 g/mol. The molecule has 0 fully saturated rings. The lowest BCUT2D eigenvalue weighted by Gasteiger charge is -2.13. The van der Waals surface area contributed by atoms with Gasteiger partial charge in [0.05, 0.1) is 22.8 Å². The van der Waals surface area contributed by atoms with Gasteiger partial charge in [0.15, 0.2) is 0 Å². The Kier molecular flexibility index (Phi) is 4.72. The molecule has 31 heavy (non-hydrogen) atoms. The summed E-state index contributed by atoms with van der Waals surface area (Å²) >= 11 is 7.18. The molecule has 0 spiro atoms. The summed E-state index contributed by atoms with van der Waals surface area (Å²) in [7, 11) is 0. The number of nitrogens with zero attached hydrogens (tertiary/aromatic N) is 2. The van der Waals surface area contributed by atoms with E-state index in [2.05, 4.69) is 0 Å². The molecule has 5 aromatic rings. The van der Waals surface area contributed by atoms with Crippen molar-refractivity contribution in [1.29, 1.82) is 0 Å². The summed E-state index contributed by atoms with van der Waals surface area (Å²) in [6.45, 7) is 0.131. The third-order valence-electron chi connectivity index (χ3n) is 5.07. The van der Waals surface area contributed by atoms with Crippen molar-refractivity contribution in [3.63, 3.8) is 0 Å². The lowest BCUT2D eigenvalue weighted by molar-refractivity contribution is 0.625. The summed E-state index contributed by atoms with van der Waals surface area (Å²) < 4.78 is 30.8. The molecule has 3 aromatic carbocycles. The highest BCUT2D eigenvalue weighted by Crippen LogP contribution is 2.31. The zero-order chi connectivity index (χ0) is 21.7. The maximum Gasteiger partial charge on any atom is 0.336 e. The predicted octanol–water partition coefficient (Wildman–Crippen LogP) is 5.35. The van der Waals surface area contributed by atoms with Gasteiger partial charge in [0.1, 0.15) is 16.3 Å². The number of hydrogen-bond acceptors (Lipinski definition) is 3. The zero-order valence-corrected chi connectivity index (χ0v) is 17.4. The Bertz CT molecular complexity index is 1590. The first-order valence-corrected chi connectivity index (χ1v) is 10.5. The Hall–Kier alpha value is -3.29. The second-order valence-corrected chi connectivity index (χ2v) is 8.47. The Labute approximate surface area is 183 Å². The van der Waals surface area contributed by atoms with Gasteiger partial charge >= 0.3 is 5.69 Å². The fourth-order valence-electron chi connectivity index (χ4n) is 3.62. The van der Waals surface area contributed by atoms with Gasteiger partial charge in [-0.25, -0.2) is 18.1 Å². The molecule has 0 saturated heterocycles. The fourth-order valence-corrected chi connectivity index (χ4v) is 4.93. The van der Waals surface area contributed by atoms with Crippen molar-refractivity contribution in [2.75, 3.05) is 0 Å². The molecule has 2 heterocycles. The third-order valence-corrected chi connectivity index (χ3v) is 6.51. The van der Waals surface area contributed by atoms with Crippen LogP contribution in [0.2, 0.25) is 5.02 Å². The van der Waals surface area contributed by atoms with Crippen LogP contribution in [0.1, 0.15) is 5.56 Å². The highest BCUT2D eigenvalue weighted by molar-refractivity contribution is 7.25. The molecule has 0 bridgehead atoms. The first-order chi connectivity index (χ1) is 14.9. The van der Waals surface area contributed by atoms with E-state index in [-0.39, 0.29) is 23.1 Å². The normalized spacial score (nSPS) is 11.5. The Morgan fingerprint density at radius 1 is 0.935 bits per heavy atom. The van der Waals surface area contributed by atoms with E-state index in [0.29, 0.717) is 15.8 Å². The average molecular weight is 455 g/mol. The first-order valence-electron chi connectivity index (χ1n) is 9.31. The van der Waals surface area contributed by atoms with Crippen LogP contribution < -0.4 is 11.2 Å². The number of hydrogen-bond donors (Lipinski definition) is 0. The zero-order valence-electron chi connectivity index (χ0n) is 15.8. The van der Waals surface area contributed by atoms with Gasteiger partial charge in [0.25, 0.3) is 5.56 Å². The van der Waals surface area contributed by atoms with Gasteiger partial charge in [0, 0.05) is 10.1 Å². The molecule has 5 rings (SSSR count). The van der Waals surface area contributed by atoms with Crippen LogP contribution in [0.4, 0.5) is 8.78 Å². The summed E-state index contributed by atoms with van der Waals surface area (Å²) in [5.41, 5.74) is 0.299. The van der Waals surface area contributed by atoms with Crippen LogP contribution in [-0.2, 0) is 6.54 Å². The number of thiophene rings is 1. The van der Waals surface area contributed by atoms with Gasteiger partial charge in [0.2, 0.25) is 0 Å². The largest absolute Gasteiger partial charge is 0.336 e. The van der Waals surface area contributed by atoms with Gasteiger partial charge < -0.3 is 0 Å². The van der Waals surface area contributed by atoms with Crippen LogP contribution in [0.25, 0.3) is 26.0 Å². The van der Waals surface area contributed by atoms with E-state index in [9.17, 15) is 18.4 Å². The summed E-state index contributed by atoms with van der Waals surface area (Å²) in [4.78, 5) is 26.9. The minimum atomic E-state index is -0.645. The maximum atomic E-state index is 13.7. The van der Waals surface area contributed by atoms with Gasteiger partial charge in [-0.15, -0.1) is 11.3 Å². The van der Waals surface area contributed by atoms with Crippen LogP contribution in [0.15, 0.2) is 76.3 Å². The minimum Gasteiger partial charge on any atom is -0.287 e. The van der Waals surface area contributed by atoms with E-state index < -0.39 is 17.1 Å². The van der Waals surface area contributed by atoms with Crippen LogP contribution in [0.3, 0.4) is 0 Å². The number of aromatic nitrogens is 2. The van der Waals surface area contributed by atoms with Gasteiger partial charge in [-0.2, -0.15) is 0 Å². The second-order valence-electron chi connectivity index (χ2n) is 7.01. The van der Waals surface area contributed by atoms with E-state index in [4.69, 9.17) is 11.6 Å². The minimum absolute atomic E-state index is 0.131. The molecule has 8 heteroatoms. The Morgan fingerprint density at radius 3 is 2.42 bits per heavy atom. The van der Waals surface area contributed by atoms with Crippen molar-refractivity contribution in [2.24, 2.45) is 0 Å². The summed E-state index contributed by atoms with van der Waals surface area (Å²) in [5.74, 6) is -1.03. The smallest absolute Gasteiger partial charge is 0.287 e. The molecule has 0 atom stereocenters. The number of rotatable bonds is 3. The van der Waals surface area contributed by atoms with Crippen molar-refractivity contribution in [1.82, 2.24) is 9.13 Å². The molecule has 154 valence electrons. The quantitative estimate of drug-likeness (QED) is 0.369. The molecular weight excluding hydrogens is 442 g/mol. The lowest BCUT2D eigenvalue weighted by atomic mass is 10.2. The maximum absolute atomic E-state index is 13.7. The van der Waals surface area contributed by atoms with Crippen molar-refractivity contribution in [2.45, 2.75) is 6.54 Å². The molecule has 0 amide bonds. The van der Waals surface area contributed by atoms with Crippen LogP contribution in [0.5, 0.6) is 0 Å². The molecular formula is C23H13ClF2N2O2S. The molecule has 0 aliphatic carbocycles. The highest BCUT2D eigenvalue weighted by Gasteiger charge is 2.20. The van der Waals surface area contributed by atoms with Crippen molar-refractivity contribution < 1.29 is 8.78 Å². The summed E-state index contributed by atoms with van der Waals surface area (Å²) in [6.07, 6.45) is 0. The molecule has 0 saturated carbocycles. The molecule has 2 aromatic heterocycles. The van der Waals surface area contributed by atoms with Crippen molar-refractivity contribution in [3.05, 3.63) is 110 Å². The number of halogens is 3. The Balaban J connectivity index is 1.88. The van der Waals surface area contributed by atoms with Gasteiger partial charge in [-0.05, 0) is 42.0 Å². The molecule has 0 aliphatic heterocycles. The van der Waals surface area contributed by atoms with Crippen molar-refractivity contribution in [3.8, 4) is 5.69 Å². The molecule has 0 N–H and O–H groups in total. The summed E-state index contributed by atoms with van der Waals surface area (Å²) in [5, 5.41) is 0.591. The first kappa shape index (κ1) is 19.7. The lowest BCUT2D eigenvalue weighted by Crippen LogP contribution is -2.38. The molecule has 0 radical (unpaired) electrons. The summed E-state index contributed by atoms with van der Waals surface area (Å²) in [6, 6.07) is 17.0.